The van der Waals surface area contributed by atoms with Crippen molar-refractivity contribution in [1.82, 2.24) is 10.6 Å². The second-order valence-electron chi connectivity index (χ2n) is 3.76. The third kappa shape index (κ3) is 5.46. The van der Waals surface area contributed by atoms with Crippen LogP contribution in [0.5, 0.6) is 0 Å². The highest BCUT2D eigenvalue weighted by atomic mass is 35.5. The molecule has 0 aliphatic carbocycles. The minimum Gasteiger partial charge on any atom is -0.359 e. The van der Waals surface area contributed by atoms with Gasteiger partial charge in [0.2, 0.25) is 6.41 Å². The van der Waals surface area contributed by atoms with Gasteiger partial charge in [-0.05, 0) is 24.6 Å². The van der Waals surface area contributed by atoms with Crippen LogP contribution in [-0.4, -0.2) is 31.3 Å². The summed E-state index contributed by atoms with van der Waals surface area (Å²) >= 11 is 11.6. The maximum atomic E-state index is 11.6. The Labute approximate surface area is 125 Å². The molecule has 8 heteroatoms. The van der Waals surface area contributed by atoms with Gasteiger partial charge in [0.05, 0.1) is 10.7 Å². The number of carbonyl (C=O) groups is 3. The molecule has 1 rings (SSSR count). The Morgan fingerprint density at radius 3 is 2.60 bits per heavy atom. The Hall–Kier alpha value is -1.79. The highest BCUT2D eigenvalue weighted by molar-refractivity contribution is 6.42. The van der Waals surface area contributed by atoms with E-state index in [4.69, 9.17) is 23.2 Å². The fourth-order valence-electron chi connectivity index (χ4n) is 1.30. The molecule has 0 saturated carbocycles. The average molecular weight is 318 g/mol. The largest absolute Gasteiger partial charge is 0.359 e. The first kappa shape index (κ1) is 16.3. The standard InChI is InChI=1S/C12H13Cl2N3O3/c13-8-2-3-9(14)10(6-8)17-12(20)11(19)16-5-1-4-15-7-18/h2-3,6-7H,1,4-5H2,(H,15,18)(H,16,19)(H,17,20). The van der Waals surface area contributed by atoms with Gasteiger partial charge in [0.1, 0.15) is 0 Å². The van der Waals surface area contributed by atoms with E-state index in [1.54, 1.807) is 6.07 Å². The molecule has 0 fully saturated rings. The third-order valence-corrected chi connectivity index (χ3v) is 2.81. The summed E-state index contributed by atoms with van der Waals surface area (Å²) < 4.78 is 0. The number of rotatable bonds is 6. The van der Waals surface area contributed by atoms with E-state index < -0.39 is 11.8 Å². The van der Waals surface area contributed by atoms with Crippen molar-refractivity contribution in [3.05, 3.63) is 28.2 Å². The van der Waals surface area contributed by atoms with Gasteiger partial charge in [-0.25, -0.2) is 0 Å². The fraction of sp³-hybridized carbons (Fsp3) is 0.250. The van der Waals surface area contributed by atoms with Gasteiger partial charge in [-0.1, -0.05) is 23.2 Å². The molecule has 0 aliphatic rings. The summed E-state index contributed by atoms with van der Waals surface area (Å²) in [6, 6.07) is 4.53. The van der Waals surface area contributed by atoms with Crippen LogP contribution in [0.1, 0.15) is 6.42 Å². The van der Waals surface area contributed by atoms with E-state index >= 15 is 0 Å². The third-order valence-electron chi connectivity index (χ3n) is 2.25. The first-order valence-corrected chi connectivity index (χ1v) is 6.51. The fourth-order valence-corrected chi connectivity index (χ4v) is 1.64. The summed E-state index contributed by atoms with van der Waals surface area (Å²) in [5, 5.41) is 7.89. The monoisotopic (exact) mass is 317 g/mol. The molecule has 0 unspecified atom stereocenters. The van der Waals surface area contributed by atoms with Gasteiger partial charge in [0.25, 0.3) is 0 Å². The van der Waals surface area contributed by atoms with E-state index in [0.29, 0.717) is 24.4 Å². The summed E-state index contributed by atoms with van der Waals surface area (Å²) in [5.41, 5.74) is 0.266. The van der Waals surface area contributed by atoms with Crippen LogP contribution in [0.25, 0.3) is 0 Å². The molecule has 1 aromatic carbocycles. The van der Waals surface area contributed by atoms with Gasteiger partial charge in [0, 0.05) is 18.1 Å². The molecule has 20 heavy (non-hydrogen) atoms. The molecule has 0 spiro atoms. The Kier molecular flexibility index (Phi) is 6.83. The number of nitrogens with one attached hydrogen (secondary N) is 3. The van der Waals surface area contributed by atoms with Gasteiger partial charge in [-0.3, -0.25) is 14.4 Å². The second-order valence-corrected chi connectivity index (χ2v) is 4.60. The molecule has 0 saturated heterocycles. The molecule has 6 nitrogen and oxygen atoms in total. The molecule has 108 valence electrons. The average Bonchev–Trinajstić information content (AvgIpc) is 2.42. The van der Waals surface area contributed by atoms with Crippen molar-refractivity contribution >= 4 is 47.1 Å². The lowest BCUT2D eigenvalue weighted by Gasteiger charge is -2.08. The van der Waals surface area contributed by atoms with Crippen LogP contribution in [0.3, 0.4) is 0 Å². The van der Waals surface area contributed by atoms with Crippen LogP contribution < -0.4 is 16.0 Å². The lowest BCUT2D eigenvalue weighted by molar-refractivity contribution is -0.136. The maximum Gasteiger partial charge on any atom is 0.313 e. The summed E-state index contributed by atoms with van der Waals surface area (Å²) in [5.74, 6) is -1.62. The SMILES string of the molecule is O=CNCCCNC(=O)C(=O)Nc1cc(Cl)ccc1Cl. The quantitative estimate of drug-likeness (QED) is 0.418. The molecule has 1 aromatic rings. The van der Waals surface area contributed by atoms with Crippen LogP contribution in [0.4, 0.5) is 5.69 Å². The van der Waals surface area contributed by atoms with Crippen LogP contribution in [0.2, 0.25) is 10.0 Å². The van der Waals surface area contributed by atoms with Crippen LogP contribution in [0, 0.1) is 0 Å². The number of anilines is 1. The van der Waals surface area contributed by atoms with Crippen molar-refractivity contribution in [1.29, 1.82) is 0 Å². The summed E-state index contributed by atoms with van der Waals surface area (Å²) in [4.78, 5) is 33.1. The summed E-state index contributed by atoms with van der Waals surface area (Å²) in [6.07, 6.45) is 1.09. The predicted molar refractivity (Wildman–Crippen MR) is 76.8 cm³/mol. The zero-order valence-electron chi connectivity index (χ0n) is 10.4. The molecule has 0 aromatic heterocycles. The molecular formula is C12H13Cl2N3O3. The van der Waals surface area contributed by atoms with E-state index in [9.17, 15) is 14.4 Å². The lowest BCUT2D eigenvalue weighted by atomic mass is 10.3. The highest BCUT2D eigenvalue weighted by Crippen LogP contribution is 2.25. The molecule has 0 atom stereocenters. The van der Waals surface area contributed by atoms with Gasteiger partial charge >= 0.3 is 11.8 Å². The molecule has 0 aliphatic heterocycles. The van der Waals surface area contributed by atoms with Crippen molar-refractivity contribution in [3.63, 3.8) is 0 Å². The van der Waals surface area contributed by atoms with Gasteiger partial charge in [-0.2, -0.15) is 0 Å². The number of hydrogen-bond acceptors (Lipinski definition) is 3. The topological polar surface area (TPSA) is 87.3 Å². The Bertz CT molecular complexity index is 509. The summed E-state index contributed by atoms with van der Waals surface area (Å²) in [7, 11) is 0. The Balaban J connectivity index is 2.43. The van der Waals surface area contributed by atoms with Crippen LogP contribution in [0.15, 0.2) is 18.2 Å². The second kappa shape index (κ2) is 8.39. The number of carbonyl (C=O) groups excluding carboxylic acids is 3. The molecular weight excluding hydrogens is 305 g/mol. The Morgan fingerprint density at radius 2 is 1.90 bits per heavy atom. The smallest absolute Gasteiger partial charge is 0.313 e. The maximum absolute atomic E-state index is 11.6. The number of hydrogen-bond donors (Lipinski definition) is 3. The number of amides is 3. The predicted octanol–water partition coefficient (Wildman–Crippen LogP) is 1.18. The zero-order chi connectivity index (χ0) is 15.0. The molecule has 3 N–H and O–H groups in total. The normalized spacial score (nSPS) is 9.70. The van der Waals surface area contributed by atoms with Crippen LogP contribution >= 0.6 is 23.2 Å². The highest BCUT2D eigenvalue weighted by Gasteiger charge is 2.14. The lowest BCUT2D eigenvalue weighted by Crippen LogP contribution is -2.36. The van der Waals surface area contributed by atoms with Gasteiger partial charge in [0.15, 0.2) is 0 Å². The first-order valence-electron chi connectivity index (χ1n) is 5.76. The summed E-state index contributed by atoms with van der Waals surface area (Å²) in [6.45, 7) is 0.696. The first-order chi connectivity index (χ1) is 9.54. The van der Waals surface area contributed by atoms with Crippen molar-refractivity contribution < 1.29 is 14.4 Å². The number of halogens is 2. The van der Waals surface area contributed by atoms with E-state index in [1.807, 2.05) is 0 Å². The van der Waals surface area contributed by atoms with Crippen molar-refractivity contribution in [3.8, 4) is 0 Å². The zero-order valence-corrected chi connectivity index (χ0v) is 11.9. The molecule has 3 amide bonds. The van der Waals surface area contributed by atoms with Crippen molar-refractivity contribution in [2.45, 2.75) is 6.42 Å². The van der Waals surface area contributed by atoms with Gasteiger partial charge in [-0.15, -0.1) is 0 Å². The minimum atomic E-state index is -0.836. The van der Waals surface area contributed by atoms with Crippen molar-refractivity contribution in [2.75, 3.05) is 18.4 Å². The van der Waals surface area contributed by atoms with Crippen molar-refractivity contribution in [2.24, 2.45) is 0 Å². The van der Waals surface area contributed by atoms with E-state index in [-0.39, 0.29) is 17.3 Å². The molecule has 0 bridgehead atoms. The Morgan fingerprint density at radius 1 is 1.15 bits per heavy atom. The van der Waals surface area contributed by atoms with Crippen LogP contribution in [-0.2, 0) is 14.4 Å². The molecule has 0 heterocycles. The van der Waals surface area contributed by atoms with E-state index in [1.165, 1.54) is 12.1 Å². The van der Waals surface area contributed by atoms with E-state index in [2.05, 4.69) is 16.0 Å². The number of benzene rings is 1. The van der Waals surface area contributed by atoms with E-state index in [0.717, 1.165) is 0 Å². The van der Waals surface area contributed by atoms with Gasteiger partial charge < -0.3 is 16.0 Å². The minimum absolute atomic E-state index is 0.266. The molecule has 0 radical (unpaired) electrons.